The highest BCUT2D eigenvalue weighted by Gasteiger charge is 2.29. The molecule has 2 fully saturated rings. The van der Waals surface area contributed by atoms with Crippen molar-refractivity contribution in [3.8, 4) is 0 Å². The normalized spacial score (nSPS) is 14.9. The van der Waals surface area contributed by atoms with Gasteiger partial charge in [0.1, 0.15) is 0 Å². The second-order valence-electron chi connectivity index (χ2n) is 32.1. The van der Waals surface area contributed by atoms with E-state index in [0.717, 1.165) is 34.1 Å². The molecule has 100 heavy (non-hydrogen) atoms. The first kappa shape index (κ1) is 63.4. The lowest BCUT2D eigenvalue weighted by Crippen LogP contribution is -2.12. The van der Waals surface area contributed by atoms with Crippen LogP contribution in [0.3, 0.4) is 0 Å². The van der Waals surface area contributed by atoms with Crippen molar-refractivity contribution in [3.63, 3.8) is 0 Å². The van der Waals surface area contributed by atoms with Crippen LogP contribution in [0.25, 0.3) is 109 Å². The van der Waals surface area contributed by atoms with Crippen LogP contribution in [-0.2, 0) is 10.8 Å². The summed E-state index contributed by atoms with van der Waals surface area (Å²) in [5, 5.41) is 20.9. The molecule has 0 spiro atoms. The Morgan fingerprint density at radius 3 is 0.940 bits per heavy atom. The average Bonchev–Trinajstić information content (AvgIpc) is 0.678. The van der Waals surface area contributed by atoms with Crippen LogP contribution in [0.5, 0.6) is 0 Å². The molecule has 0 atom stereocenters. The highest BCUT2D eigenvalue weighted by Crippen LogP contribution is 2.54. The topological polar surface area (TPSA) is 6.48 Å². The molecule has 0 amide bonds. The lowest BCUT2D eigenvalue weighted by molar-refractivity contribution is 0.430. The van der Waals surface area contributed by atoms with Gasteiger partial charge in [-0.1, -0.05) is 260 Å². The van der Waals surface area contributed by atoms with Gasteiger partial charge in [-0.15, -0.1) is 0 Å². The van der Waals surface area contributed by atoms with E-state index < -0.39 is 0 Å². The van der Waals surface area contributed by atoms with Gasteiger partial charge in [0.2, 0.25) is 0 Å². The maximum atomic E-state index is 2.57. The second-order valence-corrected chi connectivity index (χ2v) is 32.1. The Kier molecular flexibility index (Phi) is 15.9. The maximum absolute atomic E-state index is 2.57. The van der Waals surface area contributed by atoms with Crippen molar-refractivity contribution in [1.29, 1.82) is 0 Å². The number of benzene rings is 15. The zero-order chi connectivity index (χ0) is 68.3. The smallest absolute Gasteiger partial charge is 0.0474 e. The van der Waals surface area contributed by atoms with E-state index in [9.17, 15) is 0 Å². The van der Waals surface area contributed by atoms with E-state index in [4.69, 9.17) is 0 Å². The minimum Gasteiger partial charge on any atom is -0.310 e. The molecule has 2 nitrogen and oxygen atoms in total. The third kappa shape index (κ3) is 11.4. The minimum absolute atomic E-state index is 0.133. The molecular weight excluding hydrogens is 1210 g/mol. The number of anilines is 6. The van der Waals surface area contributed by atoms with Crippen LogP contribution in [-0.4, -0.2) is 0 Å². The van der Waals surface area contributed by atoms with Gasteiger partial charge in [0.15, 0.2) is 0 Å². The van der Waals surface area contributed by atoms with Gasteiger partial charge in [-0.3, -0.25) is 0 Å². The third-order valence-corrected chi connectivity index (χ3v) is 23.0. The molecule has 494 valence electrons. The predicted octanol–water partition coefficient (Wildman–Crippen LogP) is 28.8. The lowest BCUT2D eigenvalue weighted by Gasteiger charge is -2.29. The minimum atomic E-state index is -0.133. The molecule has 2 aliphatic carbocycles. The predicted molar refractivity (Wildman–Crippen MR) is 436 cm³/mol. The van der Waals surface area contributed by atoms with Crippen LogP contribution in [0.1, 0.15) is 161 Å². The highest BCUT2D eigenvalue weighted by atomic mass is 15.1. The molecule has 0 aromatic heterocycles. The molecule has 0 radical (unpaired) electrons. The summed E-state index contributed by atoms with van der Waals surface area (Å²) in [6, 6.07) is 90.3. The Morgan fingerprint density at radius 1 is 0.290 bits per heavy atom. The molecule has 0 aliphatic heterocycles. The van der Waals surface area contributed by atoms with E-state index in [1.807, 2.05) is 0 Å². The van der Waals surface area contributed by atoms with E-state index in [1.165, 1.54) is 217 Å². The van der Waals surface area contributed by atoms with Gasteiger partial charge in [-0.05, 0) is 292 Å². The number of fused-ring (bicyclic) bond motifs is 6. The number of allylic oxidation sites excluding steroid dienone is 2. The molecular formula is C98H92N2. The molecule has 2 aliphatic rings. The molecule has 17 rings (SSSR count). The SMILES string of the molecule is Cc1ccc(C(=Cc2ccc(N(c3ccc(C)cc3)c3cc4cc(C(C)(C)C)cc5c4c(c3)c3cccc4c3c5c3cccc5c6cc(N(c7ccc(C)cc7)c7ccc(C=C(c8ccc(C)cc8)C8CCCCC8)cc7)cc7cc(C(C)(C)C)cc(c76)c4c53)cc2)C2CCCCC2)cc1. The van der Waals surface area contributed by atoms with Crippen molar-refractivity contribution in [2.45, 2.75) is 144 Å². The van der Waals surface area contributed by atoms with Gasteiger partial charge in [0, 0.05) is 34.1 Å². The second kappa shape index (κ2) is 25.0. The average molecular weight is 1300 g/mol. The van der Waals surface area contributed by atoms with Gasteiger partial charge < -0.3 is 9.80 Å². The van der Waals surface area contributed by atoms with Gasteiger partial charge in [-0.2, -0.15) is 0 Å². The van der Waals surface area contributed by atoms with Gasteiger partial charge in [-0.25, -0.2) is 0 Å². The van der Waals surface area contributed by atoms with Crippen LogP contribution in [0, 0.1) is 39.5 Å². The summed E-state index contributed by atoms with van der Waals surface area (Å²) in [6.45, 7) is 23.1. The molecule has 0 heterocycles. The Morgan fingerprint density at radius 2 is 0.600 bits per heavy atom. The van der Waals surface area contributed by atoms with E-state index in [2.05, 4.69) is 322 Å². The van der Waals surface area contributed by atoms with Crippen molar-refractivity contribution in [3.05, 3.63) is 286 Å². The Balaban J connectivity index is 0.882. The largest absolute Gasteiger partial charge is 0.310 e. The summed E-state index contributed by atoms with van der Waals surface area (Å²) in [5.74, 6) is 1.14. The van der Waals surface area contributed by atoms with E-state index in [0.29, 0.717) is 11.8 Å². The van der Waals surface area contributed by atoms with E-state index in [-0.39, 0.29) is 10.8 Å². The van der Waals surface area contributed by atoms with E-state index in [1.54, 1.807) is 0 Å². The van der Waals surface area contributed by atoms with Crippen molar-refractivity contribution in [1.82, 2.24) is 0 Å². The van der Waals surface area contributed by atoms with Crippen molar-refractivity contribution in [2.75, 3.05) is 9.80 Å². The van der Waals surface area contributed by atoms with Crippen LogP contribution < -0.4 is 9.80 Å². The van der Waals surface area contributed by atoms with Crippen molar-refractivity contribution >= 4 is 144 Å². The first-order valence-corrected chi connectivity index (χ1v) is 37.2. The fourth-order valence-electron chi connectivity index (χ4n) is 17.6. The quantitative estimate of drug-likeness (QED) is 0.0683. The number of nitrogens with zero attached hydrogens (tertiary/aromatic N) is 2. The highest BCUT2D eigenvalue weighted by molar-refractivity contribution is 6.48. The molecule has 2 saturated carbocycles. The van der Waals surface area contributed by atoms with Crippen LogP contribution in [0.2, 0.25) is 0 Å². The fourth-order valence-corrected chi connectivity index (χ4v) is 17.6. The third-order valence-electron chi connectivity index (χ3n) is 23.0. The zero-order valence-corrected chi connectivity index (χ0v) is 60.2. The van der Waals surface area contributed by atoms with Crippen molar-refractivity contribution in [2.24, 2.45) is 11.8 Å². The molecule has 0 bridgehead atoms. The number of hydrogen-bond donors (Lipinski definition) is 0. The maximum Gasteiger partial charge on any atom is 0.0474 e. The van der Waals surface area contributed by atoms with Crippen LogP contribution in [0.4, 0.5) is 34.1 Å². The molecule has 0 N–H and O–H groups in total. The van der Waals surface area contributed by atoms with Gasteiger partial charge in [0.05, 0.1) is 0 Å². The number of aryl methyl sites for hydroxylation is 4. The van der Waals surface area contributed by atoms with E-state index >= 15 is 0 Å². The lowest BCUT2D eigenvalue weighted by atomic mass is 9.78. The molecule has 15 aromatic carbocycles. The summed E-state index contributed by atoms with van der Waals surface area (Å²) in [6.07, 6.45) is 17.9. The molecule has 15 aromatic rings. The number of rotatable bonds is 12. The summed E-state index contributed by atoms with van der Waals surface area (Å²) in [5.41, 5.74) is 22.5. The first-order valence-electron chi connectivity index (χ1n) is 37.2. The monoisotopic (exact) mass is 1300 g/mol. The Bertz CT molecular complexity index is 5310. The zero-order valence-electron chi connectivity index (χ0n) is 60.2. The molecule has 0 saturated heterocycles. The van der Waals surface area contributed by atoms with Crippen LogP contribution >= 0.6 is 0 Å². The summed E-state index contributed by atoms with van der Waals surface area (Å²) in [4.78, 5) is 5.02. The summed E-state index contributed by atoms with van der Waals surface area (Å²) in [7, 11) is 0. The fraction of sp³-hybridized carbons (Fsp3) is 0.245. The summed E-state index contributed by atoms with van der Waals surface area (Å²) >= 11 is 0. The Hall–Kier alpha value is -10.0. The number of hydrogen-bond acceptors (Lipinski definition) is 2. The van der Waals surface area contributed by atoms with Crippen LogP contribution in [0.15, 0.2) is 231 Å². The standard InChI is InChI=1S/C98H92N2/c1-61-27-39-69(40-28-61)85(67-19-13-11-14-20-67)51-65-35-47-77(48-36-65)99(75-43-31-63(3)32-44-75)79-55-71-53-73(97(5,6)7)57-89-91(71)87(59-79)81-23-17-25-83-93(81)95(89)84-26-18-24-82-88-60-80(56-72-54-74(98(8,9)10)58-90(92(72)88)96(83)94(82)84)100(76-45-33-64(4)34-46-76)78-49-37-66(38-50-78)52-86(68-21-15-12-16-22-68)70-41-29-62(2)30-42-70/h17-18,23-60,67-68H,11-16,19-22H2,1-10H3. The van der Waals surface area contributed by atoms with Gasteiger partial charge in [0.25, 0.3) is 0 Å². The first-order chi connectivity index (χ1) is 48.4. The van der Waals surface area contributed by atoms with Crippen molar-refractivity contribution < 1.29 is 0 Å². The molecule has 2 heteroatoms. The van der Waals surface area contributed by atoms with Gasteiger partial charge >= 0.3 is 0 Å². The Labute approximate surface area is 592 Å². The molecule has 0 unspecified atom stereocenters. The summed E-state index contributed by atoms with van der Waals surface area (Å²) < 4.78 is 0.